The molecule has 1 aromatic carbocycles. The molecule has 1 aromatic heterocycles. The number of hydrogen-bond acceptors (Lipinski definition) is 5. The van der Waals surface area contributed by atoms with Gasteiger partial charge in [0, 0.05) is 25.4 Å². The van der Waals surface area contributed by atoms with Crippen molar-refractivity contribution in [1.82, 2.24) is 9.88 Å². The average Bonchev–Trinajstić information content (AvgIpc) is 2.59. The second-order valence-electron chi connectivity index (χ2n) is 6.09. The first-order valence-electron chi connectivity index (χ1n) is 7.99. The fourth-order valence-electron chi connectivity index (χ4n) is 2.90. The van der Waals surface area contributed by atoms with Crippen molar-refractivity contribution in [1.29, 1.82) is 0 Å². The molecule has 1 aliphatic heterocycles. The fraction of sp³-hybridized carbons (Fsp3) is 0.412. The molecule has 2 aromatic rings. The van der Waals surface area contributed by atoms with Crippen molar-refractivity contribution in [2.75, 3.05) is 19.7 Å². The second-order valence-corrected chi connectivity index (χ2v) is 6.09. The van der Waals surface area contributed by atoms with Crippen LogP contribution in [0.15, 0.2) is 30.5 Å². The van der Waals surface area contributed by atoms with Crippen LogP contribution in [0.4, 0.5) is 5.69 Å². The van der Waals surface area contributed by atoms with E-state index < -0.39 is 4.92 Å². The zero-order valence-corrected chi connectivity index (χ0v) is 13.5. The summed E-state index contributed by atoms with van der Waals surface area (Å²) >= 11 is 0. The molecule has 126 valence electrons. The summed E-state index contributed by atoms with van der Waals surface area (Å²) in [7, 11) is 0. The number of nitrogens with zero attached hydrogens (tertiary/aromatic N) is 3. The van der Waals surface area contributed by atoms with Crippen molar-refractivity contribution >= 4 is 22.5 Å². The quantitative estimate of drug-likeness (QED) is 0.636. The maximum Gasteiger partial charge on any atom is 0.279 e. The zero-order chi connectivity index (χ0) is 17.1. The third-order valence-electron chi connectivity index (χ3n) is 4.39. The van der Waals surface area contributed by atoms with Crippen molar-refractivity contribution in [3.05, 3.63) is 40.6 Å². The summed E-state index contributed by atoms with van der Waals surface area (Å²) in [6.45, 7) is 3.61. The van der Waals surface area contributed by atoms with Crippen LogP contribution in [0.5, 0.6) is 5.75 Å². The number of ether oxygens (including phenoxy) is 1. The van der Waals surface area contributed by atoms with Gasteiger partial charge in [0.05, 0.1) is 10.3 Å². The van der Waals surface area contributed by atoms with E-state index in [0.717, 1.165) is 25.9 Å². The Balaban J connectivity index is 1.75. The Morgan fingerprint density at radius 1 is 1.38 bits per heavy atom. The summed E-state index contributed by atoms with van der Waals surface area (Å²) < 4.78 is 5.62. The maximum absolute atomic E-state index is 12.3. The summed E-state index contributed by atoms with van der Waals surface area (Å²) in [6.07, 6.45) is 3.56. The Morgan fingerprint density at radius 2 is 2.12 bits per heavy atom. The van der Waals surface area contributed by atoms with Crippen molar-refractivity contribution in [3.8, 4) is 5.75 Å². The molecule has 7 heteroatoms. The van der Waals surface area contributed by atoms with E-state index in [-0.39, 0.29) is 18.2 Å². The minimum atomic E-state index is -0.451. The Labute approximate surface area is 139 Å². The van der Waals surface area contributed by atoms with Crippen LogP contribution in [0.2, 0.25) is 0 Å². The fourth-order valence-corrected chi connectivity index (χ4v) is 2.90. The largest absolute Gasteiger partial charge is 0.481 e. The van der Waals surface area contributed by atoms with E-state index in [1.165, 1.54) is 12.1 Å². The number of pyridine rings is 1. The van der Waals surface area contributed by atoms with Gasteiger partial charge in [0.25, 0.3) is 11.6 Å². The molecule has 0 aliphatic carbocycles. The summed E-state index contributed by atoms with van der Waals surface area (Å²) in [5.41, 5.74) is 0.369. The first kappa shape index (κ1) is 16.2. The van der Waals surface area contributed by atoms with Gasteiger partial charge >= 0.3 is 0 Å². The van der Waals surface area contributed by atoms with Crippen LogP contribution in [0.25, 0.3) is 10.9 Å². The second kappa shape index (κ2) is 6.82. The van der Waals surface area contributed by atoms with Crippen LogP contribution in [0.3, 0.4) is 0 Å². The number of piperidine rings is 1. The van der Waals surface area contributed by atoms with Gasteiger partial charge in [-0.25, -0.2) is 0 Å². The van der Waals surface area contributed by atoms with Crippen molar-refractivity contribution in [2.24, 2.45) is 5.92 Å². The molecule has 1 amide bonds. The number of rotatable bonds is 4. The molecule has 1 saturated heterocycles. The number of likely N-dealkylation sites (tertiary alicyclic amines) is 1. The minimum absolute atomic E-state index is 0.0261. The molecule has 3 rings (SSSR count). The SMILES string of the molecule is CC1CCN(C(=O)COc2ccc([N+](=O)[O-])c3cccnc23)CC1. The van der Waals surface area contributed by atoms with Crippen LogP contribution >= 0.6 is 0 Å². The van der Waals surface area contributed by atoms with Gasteiger partial charge in [0.1, 0.15) is 11.3 Å². The summed E-state index contributed by atoms with van der Waals surface area (Å²) in [5.74, 6) is 0.969. The number of fused-ring (bicyclic) bond motifs is 1. The van der Waals surface area contributed by atoms with E-state index >= 15 is 0 Å². The highest BCUT2D eigenvalue weighted by Crippen LogP contribution is 2.31. The monoisotopic (exact) mass is 329 g/mol. The standard InChI is InChI=1S/C17H19N3O4/c1-12-6-9-19(10-7-12)16(21)11-24-15-5-4-14(20(22)23)13-3-2-8-18-17(13)15/h2-5,8,12H,6-7,9-11H2,1H3. The van der Waals surface area contributed by atoms with Gasteiger partial charge in [-0.05, 0) is 37.0 Å². The van der Waals surface area contributed by atoms with Gasteiger partial charge in [-0.15, -0.1) is 0 Å². The Morgan fingerprint density at radius 3 is 2.83 bits per heavy atom. The molecule has 2 heterocycles. The van der Waals surface area contributed by atoms with Gasteiger partial charge in [-0.1, -0.05) is 6.92 Å². The van der Waals surface area contributed by atoms with Crippen LogP contribution in [0, 0.1) is 16.0 Å². The van der Waals surface area contributed by atoms with E-state index in [4.69, 9.17) is 4.74 Å². The van der Waals surface area contributed by atoms with Crippen molar-refractivity contribution < 1.29 is 14.5 Å². The van der Waals surface area contributed by atoms with E-state index in [9.17, 15) is 14.9 Å². The number of carbonyl (C=O) groups excluding carboxylic acids is 1. The highest BCUT2D eigenvalue weighted by molar-refractivity contribution is 5.92. The highest BCUT2D eigenvalue weighted by Gasteiger charge is 2.21. The maximum atomic E-state index is 12.3. The lowest BCUT2D eigenvalue weighted by molar-refractivity contribution is -0.383. The van der Waals surface area contributed by atoms with Crippen LogP contribution < -0.4 is 4.74 Å². The molecule has 0 unspecified atom stereocenters. The minimum Gasteiger partial charge on any atom is -0.481 e. The third-order valence-corrected chi connectivity index (χ3v) is 4.39. The number of non-ortho nitro benzene ring substituents is 1. The van der Waals surface area contributed by atoms with Crippen LogP contribution in [0.1, 0.15) is 19.8 Å². The molecular formula is C17H19N3O4. The first-order valence-corrected chi connectivity index (χ1v) is 7.99. The predicted molar refractivity (Wildman–Crippen MR) is 88.9 cm³/mol. The Hall–Kier alpha value is -2.70. The van der Waals surface area contributed by atoms with Crippen molar-refractivity contribution in [3.63, 3.8) is 0 Å². The zero-order valence-electron chi connectivity index (χ0n) is 13.5. The summed E-state index contributed by atoms with van der Waals surface area (Å²) in [4.78, 5) is 28.9. The summed E-state index contributed by atoms with van der Waals surface area (Å²) in [6, 6.07) is 6.14. The molecule has 0 N–H and O–H groups in total. The lowest BCUT2D eigenvalue weighted by Gasteiger charge is -2.30. The number of benzene rings is 1. The molecule has 0 spiro atoms. The Kier molecular flexibility index (Phi) is 4.59. The molecule has 0 bridgehead atoms. The number of nitro groups is 1. The van der Waals surface area contributed by atoms with E-state index in [2.05, 4.69) is 11.9 Å². The van der Waals surface area contributed by atoms with E-state index in [1.54, 1.807) is 23.2 Å². The third kappa shape index (κ3) is 3.29. The van der Waals surface area contributed by atoms with Gasteiger partial charge < -0.3 is 9.64 Å². The van der Waals surface area contributed by atoms with Crippen molar-refractivity contribution in [2.45, 2.75) is 19.8 Å². The van der Waals surface area contributed by atoms with Gasteiger partial charge in [0.2, 0.25) is 0 Å². The average molecular weight is 329 g/mol. The number of hydrogen-bond donors (Lipinski definition) is 0. The molecule has 1 fully saturated rings. The molecular weight excluding hydrogens is 310 g/mol. The molecule has 0 atom stereocenters. The lowest BCUT2D eigenvalue weighted by atomic mass is 9.99. The molecule has 7 nitrogen and oxygen atoms in total. The number of aromatic nitrogens is 1. The van der Waals surface area contributed by atoms with Crippen LogP contribution in [-0.4, -0.2) is 40.4 Å². The predicted octanol–water partition coefficient (Wildman–Crippen LogP) is 2.78. The van der Waals surface area contributed by atoms with Gasteiger partial charge in [-0.2, -0.15) is 0 Å². The van der Waals surface area contributed by atoms with Gasteiger partial charge in [0.15, 0.2) is 6.61 Å². The molecule has 0 saturated carbocycles. The molecule has 1 aliphatic rings. The summed E-state index contributed by atoms with van der Waals surface area (Å²) in [5, 5.41) is 11.5. The van der Waals surface area contributed by atoms with Crippen LogP contribution in [-0.2, 0) is 4.79 Å². The molecule has 0 radical (unpaired) electrons. The number of nitro benzene ring substituents is 1. The number of amides is 1. The number of carbonyl (C=O) groups is 1. The highest BCUT2D eigenvalue weighted by atomic mass is 16.6. The molecule has 24 heavy (non-hydrogen) atoms. The topological polar surface area (TPSA) is 85.6 Å². The van der Waals surface area contributed by atoms with Gasteiger partial charge in [-0.3, -0.25) is 19.9 Å². The Bertz CT molecular complexity index is 770. The van der Waals surface area contributed by atoms with E-state index in [0.29, 0.717) is 22.6 Å². The van der Waals surface area contributed by atoms with E-state index in [1.807, 2.05) is 0 Å². The normalized spacial score (nSPS) is 15.5. The lowest BCUT2D eigenvalue weighted by Crippen LogP contribution is -2.40. The first-order chi connectivity index (χ1) is 11.6. The smallest absolute Gasteiger partial charge is 0.279 e.